The second-order valence-corrected chi connectivity index (χ2v) is 4.64. The molecule has 92 valence electrons. The summed E-state index contributed by atoms with van der Waals surface area (Å²) < 4.78 is 5.52. The first-order valence-electron chi connectivity index (χ1n) is 6.26. The molecule has 1 saturated heterocycles. The number of rotatable bonds is 4. The van der Waals surface area contributed by atoms with Gasteiger partial charge >= 0.3 is 0 Å². The highest BCUT2D eigenvalue weighted by molar-refractivity contribution is 5.30. The van der Waals surface area contributed by atoms with E-state index in [1.807, 2.05) is 13.1 Å². The van der Waals surface area contributed by atoms with Gasteiger partial charge in [-0.1, -0.05) is 36.4 Å². The van der Waals surface area contributed by atoms with E-state index in [4.69, 9.17) is 4.74 Å². The van der Waals surface area contributed by atoms with Gasteiger partial charge in [0.2, 0.25) is 0 Å². The second-order valence-electron chi connectivity index (χ2n) is 4.64. The Hall–Kier alpha value is -1.12. The number of hydrogen-bond acceptors (Lipinski definition) is 2. The van der Waals surface area contributed by atoms with Gasteiger partial charge in [-0.2, -0.15) is 0 Å². The molecule has 0 aromatic heterocycles. The van der Waals surface area contributed by atoms with Gasteiger partial charge in [0.1, 0.15) is 0 Å². The molecule has 2 nitrogen and oxygen atoms in total. The highest BCUT2D eigenvalue weighted by Gasteiger charge is 2.39. The first-order valence-corrected chi connectivity index (χ1v) is 6.26. The number of hydrogen-bond donors (Lipinski definition) is 1. The predicted octanol–water partition coefficient (Wildman–Crippen LogP) is 2.51. The van der Waals surface area contributed by atoms with E-state index in [1.165, 1.54) is 5.56 Å². The minimum atomic E-state index is 0.135. The van der Waals surface area contributed by atoms with E-state index < -0.39 is 0 Å². The fourth-order valence-corrected chi connectivity index (χ4v) is 2.90. The van der Waals surface area contributed by atoms with Gasteiger partial charge in [0.15, 0.2) is 0 Å². The smallest absolute Gasteiger partial charge is 0.0475 e. The highest BCUT2D eigenvalue weighted by atomic mass is 16.5. The van der Waals surface area contributed by atoms with Crippen molar-refractivity contribution in [3.8, 4) is 0 Å². The minimum absolute atomic E-state index is 0.135. The third-order valence-corrected chi connectivity index (χ3v) is 3.88. The van der Waals surface area contributed by atoms with Crippen molar-refractivity contribution in [2.45, 2.75) is 24.3 Å². The Balaban J connectivity index is 2.39. The van der Waals surface area contributed by atoms with Gasteiger partial charge in [-0.3, -0.25) is 0 Å². The molecule has 0 bridgehead atoms. The zero-order chi connectivity index (χ0) is 12.1. The van der Waals surface area contributed by atoms with Gasteiger partial charge < -0.3 is 10.1 Å². The summed E-state index contributed by atoms with van der Waals surface area (Å²) in [4.78, 5) is 0. The van der Waals surface area contributed by atoms with Crippen LogP contribution in [0, 0.1) is 0 Å². The molecular formula is C15H21NO. The Bertz CT molecular complexity index is 354. The van der Waals surface area contributed by atoms with Crippen LogP contribution in [-0.4, -0.2) is 26.3 Å². The SMILES string of the molecule is C=CC(NC)C1(c2ccccc2)CCOCC1. The summed E-state index contributed by atoms with van der Waals surface area (Å²) in [7, 11) is 2.01. The molecule has 1 aliphatic rings. The highest BCUT2D eigenvalue weighted by Crippen LogP contribution is 2.38. The molecule has 1 heterocycles. The fraction of sp³-hybridized carbons (Fsp3) is 0.467. The molecule has 0 saturated carbocycles. The second kappa shape index (κ2) is 5.48. The van der Waals surface area contributed by atoms with Gasteiger partial charge in [-0.15, -0.1) is 6.58 Å². The van der Waals surface area contributed by atoms with Crippen molar-refractivity contribution in [3.05, 3.63) is 48.6 Å². The van der Waals surface area contributed by atoms with E-state index in [1.54, 1.807) is 0 Å². The molecular weight excluding hydrogens is 210 g/mol. The Morgan fingerprint density at radius 3 is 2.47 bits per heavy atom. The van der Waals surface area contributed by atoms with Gasteiger partial charge in [0, 0.05) is 24.7 Å². The minimum Gasteiger partial charge on any atom is -0.381 e. The zero-order valence-corrected chi connectivity index (χ0v) is 10.5. The van der Waals surface area contributed by atoms with Crippen molar-refractivity contribution in [3.63, 3.8) is 0 Å². The normalized spacial score (nSPS) is 20.8. The van der Waals surface area contributed by atoms with Crippen LogP contribution in [0.3, 0.4) is 0 Å². The number of likely N-dealkylation sites (N-methyl/N-ethyl adjacent to an activating group) is 1. The topological polar surface area (TPSA) is 21.3 Å². The van der Waals surface area contributed by atoms with Crippen molar-refractivity contribution in [1.29, 1.82) is 0 Å². The summed E-state index contributed by atoms with van der Waals surface area (Å²) in [6.45, 7) is 5.64. The third kappa shape index (κ3) is 2.28. The van der Waals surface area contributed by atoms with Gasteiger partial charge in [0.05, 0.1) is 0 Å². The molecule has 0 spiro atoms. The molecule has 0 amide bonds. The lowest BCUT2D eigenvalue weighted by Gasteiger charge is -2.42. The maximum atomic E-state index is 5.52. The molecule has 1 atom stereocenters. The van der Waals surface area contributed by atoms with E-state index >= 15 is 0 Å². The Morgan fingerprint density at radius 2 is 1.94 bits per heavy atom. The number of benzene rings is 1. The first-order chi connectivity index (χ1) is 8.33. The van der Waals surface area contributed by atoms with Crippen molar-refractivity contribution >= 4 is 0 Å². The summed E-state index contributed by atoms with van der Waals surface area (Å²) in [5.41, 5.74) is 1.53. The van der Waals surface area contributed by atoms with Crippen LogP contribution in [0.1, 0.15) is 18.4 Å². The largest absolute Gasteiger partial charge is 0.381 e. The summed E-state index contributed by atoms with van der Waals surface area (Å²) in [5.74, 6) is 0. The third-order valence-electron chi connectivity index (χ3n) is 3.88. The van der Waals surface area contributed by atoms with Crippen molar-refractivity contribution < 1.29 is 4.74 Å². The van der Waals surface area contributed by atoms with Crippen LogP contribution in [-0.2, 0) is 10.2 Å². The predicted molar refractivity (Wildman–Crippen MR) is 71.2 cm³/mol. The van der Waals surface area contributed by atoms with Gasteiger partial charge in [0.25, 0.3) is 0 Å². The lowest BCUT2D eigenvalue weighted by molar-refractivity contribution is 0.0419. The van der Waals surface area contributed by atoms with Crippen LogP contribution >= 0.6 is 0 Å². The maximum Gasteiger partial charge on any atom is 0.0475 e. The van der Waals surface area contributed by atoms with Crippen LogP contribution in [0.5, 0.6) is 0 Å². The number of ether oxygens (including phenoxy) is 1. The molecule has 1 unspecified atom stereocenters. The zero-order valence-electron chi connectivity index (χ0n) is 10.5. The molecule has 0 aliphatic carbocycles. The monoisotopic (exact) mass is 231 g/mol. The fourth-order valence-electron chi connectivity index (χ4n) is 2.90. The average Bonchev–Trinajstić information content (AvgIpc) is 2.42. The van der Waals surface area contributed by atoms with Crippen molar-refractivity contribution in [2.75, 3.05) is 20.3 Å². The van der Waals surface area contributed by atoms with E-state index in [2.05, 4.69) is 42.2 Å². The Kier molecular flexibility index (Phi) is 3.97. The van der Waals surface area contributed by atoms with Crippen LogP contribution in [0.25, 0.3) is 0 Å². The lowest BCUT2D eigenvalue weighted by atomic mass is 9.68. The van der Waals surface area contributed by atoms with E-state index in [9.17, 15) is 0 Å². The number of nitrogens with one attached hydrogen (secondary N) is 1. The van der Waals surface area contributed by atoms with Crippen molar-refractivity contribution in [2.24, 2.45) is 0 Å². The van der Waals surface area contributed by atoms with E-state index in [0.29, 0.717) is 6.04 Å². The summed E-state index contributed by atoms with van der Waals surface area (Å²) in [5, 5.41) is 3.39. The molecule has 1 aromatic carbocycles. The van der Waals surface area contributed by atoms with Gasteiger partial charge in [-0.25, -0.2) is 0 Å². The first kappa shape index (κ1) is 12.3. The molecule has 1 N–H and O–H groups in total. The van der Waals surface area contributed by atoms with E-state index in [0.717, 1.165) is 26.1 Å². The molecule has 2 rings (SSSR count). The molecule has 17 heavy (non-hydrogen) atoms. The maximum absolute atomic E-state index is 5.52. The summed E-state index contributed by atoms with van der Waals surface area (Å²) in [6, 6.07) is 11.0. The molecule has 2 heteroatoms. The summed E-state index contributed by atoms with van der Waals surface area (Å²) in [6.07, 6.45) is 4.13. The lowest BCUT2D eigenvalue weighted by Crippen LogP contribution is -2.49. The molecule has 1 fully saturated rings. The quantitative estimate of drug-likeness (QED) is 0.804. The van der Waals surface area contributed by atoms with E-state index in [-0.39, 0.29) is 5.41 Å². The Labute approximate surface area is 104 Å². The van der Waals surface area contributed by atoms with Crippen LogP contribution < -0.4 is 5.32 Å². The molecule has 1 aliphatic heterocycles. The van der Waals surface area contributed by atoms with Crippen LogP contribution in [0.2, 0.25) is 0 Å². The van der Waals surface area contributed by atoms with Crippen LogP contribution in [0.4, 0.5) is 0 Å². The average molecular weight is 231 g/mol. The van der Waals surface area contributed by atoms with Crippen molar-refractivity contribution in [1.82, 2.24) is 5.32 Å². The molecule has 0 radical (unpaired) electrons. The molecule has 1 aromatic rings. The summed E-state index contributed by atoms with van der Waals surface area (Å²) >= 11 is 0. The standard InChI is InChI=1S/C15H21NO/c1-3-14(16-2)15(9-11-17-12-10-15)13-7-5-4-6-8-13/h3-8,14,16H,1,9-12H2,2H3. The Morgan fingerprint density at radius 1 is 1.29 bits per heavy atom. The van der Waals surface area contributed by atoms with Crippen LogP contribution in [0.15, 0.2) is 43.0 Å². The van der Waals surface area contributed by atoms with Gasteiger partial charge in [-0.05, 0) is 25.5 Å².